The summed E-state index contributed by atoms with van der Waals surface area (Å²) in [5.41, 5.74) is 3.02. The van der Waals surface area contributed by atoms with E-state index in [0.29, 0.717) is 22.2 Å². The number of carbonyl (C=O) groups is 2. The van der Waals surface area contributed by atoms with Crippen molar-refractivity contribution in [1.29, 1.82) is 0 Å². The Morgan fingerprint density at radius 1 is 1.17 bits per heavy atom. The van der Waals surface area contributed by atoms with Crippen LogP contribution in [0.1, 0.15) is 29.8 Å². The van der Waals surface area contributed by atoms with Crippen LogP contribution in [0.15, 0.2) is 53.7 Å². The Bertz CT molecular complexity index is 999. The van der Waals surface area contributed by atoms with Crippen molar-refractivity contribution in [2.75, 3.05) is 11.1 Å². The van der Waals surface area contributed by atoms with E-state index in [4.69, 9.17) is 4.74 Å². The van der Waals surface area contributed by atoms with Crippen LogP contribution in [0.2, 0.25) is 0 Å². The van der Waals surface area contributed by atoms with Gasteiger partial charge in [-0.05, 0) is 39.0 Å². The number of thioether (sulfide) groups is 1. The van der Waals surface area contributed by atoms with E-state index >= 15 is 0 Å². The molecule has 3 rings (SSSR count). The molecule has 1 heterocycles. The monoisotopic (exact) mass is 410 g/mol. The van der Waals surface area contributed by atoms with Gasteiger partial charge in [0.2, 0.25) is 11.1 Å². The summed E-state index contributed by atoms with van der Waals surface area (Å²) < 4.78 is 5.17. The number of anilines is 1. The molecule has 0 saturated carbocycles. The number of hydrogen-bond donors (Lipinski definition) is 2. The first-order valence-electron chi connectivity index (χ1n) is 9.14. The van der Waals surface area contributed by atoms with Crippen LogP contribution in [0.4, 0.5) is 5.69 Å². The van der Waals surface area contributed by atoms with Crippen LogP contribution in [-0.4, -0.2) is 38.9 Å². The van der Waals surface area contributed by atoms with E-state index in [1.807, 2.05) is 31.2 Å². The van der Waals surface area contributed by atoms with Gasteiger partial charge < -0.3 is 10.1 Å². The molecule has 0 unspecified atom stereocenters. The largest absolute Gasteiger partial charge is 0.459 e. The van der Waals surface area contributed by atoms with E-state index < -0.39 is 5.97 Å². The average Bonchev–Trinajstić information content (AvgIpc) is 3.16. The van der Waals surface area contributed by atoms with E-state index in [2.05, 4.69) is 20.5 Å². The normalized spacial score (nSPS) is 10.8. The van der Waals surface area contributed by atoms with Gasteiger partial charge in [-0.2, -0.15) is 0 Å². The minimum atomic E-state index is -0.421. The van der Waals surface area contributed by atoms with Crippen molar-refractivity contribution in [3.05, 3.63) is 59.7 Å². The van der Waals surface area contributed by atoms with Gasteiger partial charge in [-0.3, -0.25) is 9.89 Å². The first-order chi connectivity index (χ1) is 13.9. The molecule has 3 aromatic rings. The molecule has 2 N–H and O–H groups in total. The van der Waals surface area contributed by atoms with Gasteiger partial charge in [0.25, 0.3) is 0 Å². The van der Waals surface area contributed by atoms with E-state index in [1.165, 1.54) is 17.3 Å². The third-order valence-electron chi connectivity index (χ3n) is 3.85. The lowest BCUT2D eigenvalue weighted by molar-refractivity contribution is -0.113. The lowest BCUT2D eigenvalue weighted by Gasteiger charge is -2.09. The zero-order valence-electron chi connectivity index (χ0n) is 16.4. The smallest absolute Gasteiger partial charge is 0.338 e. The van der Waals surface area contributed by atoms with Crippen LogP contribution in [0.3, 0.4) is 0 Å². The Morgan fingerprint density at radius 3 is 2.66 bits per heavy atom. The maximum atomic E-state index is 12.2. The lowest BCUT2D eigenvalue weighted by atomic mass is 10.1. The number of esters is 1. The van der Waals surface area contributed by atoms with Gasteiger partial charge in [-0.1, -0.05) is 47.7 Å². The predicted octanol–water partition coefficient (Wildman–Crippen LogP) is 4.08. The minimum Gasteiger partial charge on any atom is -0.459 e. The SMILES string of the molecule is Cc1ccc(-c2nc(SCC(=O)Nc3cccc(C(=O)OC(C)C)c3)n[nH]2)cc1. The summed E-state index contributed by atoms with van der Waals surface area (Å²) in [5.74, 6) is 0.163. The van der Waals surface area contributed by atoms with Gasteiger partial charge in [0, 0.05) is 11.3 Å². The highest BCUT2D eigenvalue weighted by molar-refractivity contribution is 7.99. The second-order valence-corrected chi connectivity index (χ2v) is 7.65. The van der Waals surface area contributed by atoms with Crippen LogP contribution in [0, 0.1) is 6.92 Å². The number of rotatable bonds is 7. The summed E-state index contributed by atoms with van der Waals surface area (Å²) >= 11 is 1.23. The van der Waals surface area contributed by atoms with Crippen LogP contribution in [-0.2, 0) is 9.53 Å². The number of aromatic nitrogens is 3. The molecule has 7 nitrogen and oxygen atoms in total. The molecule has 0 aliphatic rings. The van der Waals surface area contributed by atoms with Gasteiger partial charge in [-0.15, -0.1) is 5.10 Å². The molecular formula is C21H22N4O3S. The molecule has 0 bridgehead atoms. The number of carbonyl (C=O) groups excluding carboxylic acids is 2. The molecule has 1 aromatic heterocycles. The van der Waals surface area contributed by atoms with Crippen molar-refractivity contribution in [3.8, 4) is 11.4 Å². The standard InChI is InChI=1S/C21H22N4O3S/c1-13(2)28-20(27)16-5-4-6-17(11-16)22-18(26)12-29-21-23-19(24-25-21)15-9-7-14(3)8-10-15/h4-11,13H,12H2,1-3H3,(H,22,26)(H,23,24,25). The van der Waals surface area contributed by atoms with Crippen LogP contribution >= 0.6 is 11.8 Å². The first kappa shape index (κ1) is 20.6. The molecule has 1 amide bonds. The summed E-state index contributed by atoms with van der Waals surface area (Å²) in [6, 6.07) is 14.6. The predicted molar refractivity (Wildman–Crippen MR) is 113 cm³/mol. The van der Waals surface area contributed by atoms with E-state index in [0.717, 1.165) is 5.56 Å². The van der Waals surface area contributed by atoms with Crippen molar-refractivity contribution in [3.63, 3.8) is 0 Å². The Hall–Kier alpha value is -3.13. The molecule has 0 fully saturated rings. The van der Waals surface area contributed by atoms with Crippen LogP contribution in [0.25, 0.3) is 11.4 Å². The average molecular weight is 410 g/mol. The fraction of sp³-hybridized carbons (Fsp3) is 0.238. The third kappa shape index (κ3) is 5.92. The maximum absolute atomic E-state index is 12.2. The highest BCUT2D eigenvalue weighted by atomic mass is 32.2. The van der Waals surface area contributed by atoms with Crippen LogP contribution < -0.4 is 5.32 Å². The van der Waals surface area contributed by atoms with Crippen molar-refractivity contribution in [2.45, 2.75) is 32.0 Å². The highest BCUT2D eigenvalue weighted by Crippen LogP contribution is 2.20. The minimum absolute atomic E-state index is 0.145. The molecule has 8 heteroatoms. The number of nitrogens with one attached hydrogen (secondary N) is 2. The van der Waals surface area contributed by atoms with Gasteiger partial charge >= 0.3 is 5.97 Å². The molecule has 0 aliphatic heterocycles. The number of amides is 1. The summed E-state index contributed by atoms with van der Waals surface area (Å²) in [6.07, 6.45) is -0.205. The Balaban J connectivity index is 1.55. The zero-order valence-corrected chi connectivity index (χ0v) is 17.2. The lowest BCUT2D eigenvalue weighted by Crippen LogP contribution is -2.15. The van der Waals surface area contributed by atoms with Crippen molar-refractivity contribution in [2.24, 2.45) is 0 Å². The quantitative estimate of drug-likeness (QED) is 0.450. The Morgan fingerprint density at radius 2 is 1.93 bits per heavy atom. The topological polar surface area (TPSA) is 97.0 Å². The van der Waals surface area contributed by atoms with Crippen molar-refractivity contribution >= 4 is 29.3 Å². The molecule has 29 heavy (non-hydrogen) atoms. The summed E-state index contributed by atoms with van der Waals surface area (Å²) in [5, 5.41) is 10.3. The number of H-pyrrole nitrogens is 1. The second kappa shape index (κ2) is 9.38. The molecular weight excluding hydrogens is 388 g/mol. The fourth-order valence-corrected chi connectivity index (χ4v) is 3.08. The second-order valence-electron chi connectivity index (χ2n) is 6.70. The van der Waals surface area contributed by atoms with Crippen molar-refractivity contribution in [1.82, 2.24) is 15.2 Å². The van der Waals surface area contributed by atoms with E-state index in [9.17, 15) is 9.59 Å². The Labute approximate surface area is 173 Å². The molecule has 0 saturated heterocycles. The molecule has 0 aliphatic carbocycles. The number of hydrogen-bond acceptors (Lipinski definition) is 6. The van der Waals surface area contributed by atoms with E-state index in [-0.39, 0.29) is 17.8 Å². The number of aryl methyl sites for hydroxylation is 1. The summed E-state index contributed by atoms with van der Waals surface area (Å²) in [6.45, 7) is 5.59. The van der Waals surface area contributed by atoms with Crippen LogP contribution in [0.5, 0.6) is 0 Å². The third-order valence-corrected chi connectivity index (χ3v) is 4.69. The van der Waals surface area contributed by atoms with Gasteiger partial charge in [0.05, 0.1) is 17.4 Å². The van der Waals surface area contributed by atoms with Gasteiger partial charge in [0.1, 0.15) is 0 Å². The first-order valence-corrected chi connectivity index (χ1v) is 10.1. The molecule has 0 atom stereocenters. The maximum Gasteiger partial charge on any atom is 0.338 e. The van der Waals surface area contributed by atoms with Crippen molar-refractivity contribution < 1.29 is 14.3 Å². The Kier molecular flexibility index (Phi) is 6.66. The number of benzene rings is 2. The fourth-order valence-electron chi connectivity index (χ4n) is 2.48. The summed E-state index contributed by atoms with van der Waals surface area (Å²) in [7, 11) is 0. The molecule has 0 radical (unpaired) electrons. The summed E-state index contributed by atoms with van der Waals surface area (Å²) in [4.78, 5) is 28.6. The molecule has 0 spiro atoms. The molecule has 2 aromatic carbocycles. The van der Waals surface area contributed by atoms with Gasteiger partial charge in [-0.25, -0.2) is 9.78 Å². The molecule has 150 valence electrons. The van der Waals surface area contributed by atoms with E-state index in [1.54, 1.807) is 38.1 Å². The zero-order chi connectivity index (χ0) is 20.8. The number of nitrogens with zero attached hydrogens (tertiary/aromatic N) is 2. The van der Waals surface area contributed by atoms with Gasteiger partial charge in [0.15, 0.2) is 5.82 Å². The number of ether oxygens (including phenoxy) is 1. The number of aromatic amines is 1. The highest BCUT2D eigenvalue weighted by Gasteiger charge is 2.12.